The molecule has 12 heavy (non-hydrogen) atoms. The molecule has 0 saturated heterocycles. The summed E-state index contributed by atoms with van der Waals surface area (Å²) in [5.74, 6) is 0.305. The van der Waals surface area contributed by atoms with Crippen LogP contribution in [0.2, 0.25) is 0 Å². The fourth-order valence-electron chi connectivity index (χ4n) is 1.23. The molecule has 0 aliphatic heterocycles. The third-order valence-electron chi connectivity index (χ3n) is 2.10. The predicted octanol–water partition coefficient (Wildman–Crippen LogP) is 1.64. The van der Waals surface area contributed by atoms with Crippen LogP contribution in [-0.2, 0) is 4.79 Å². The monoisotopic (exact) mass is 165 g/mol. The summed E-state index contributed by atoms with van der Waals surface area (Å²) in [4.78, 5) is 11.4. The number of hydrogen-bond acceptors (Lipinski definition) is 1. The van der Waals surface area contributed by atoms with Crippen LogP contribution in [0.4, 0.5) is 0 Å². The van der Waals surface area contributed by atoms with Crippen molar-refractivity contribution in [3.8, 4) is 0 Å². The van der Waals surface area contributed by atoms with Gasteiger partial charge >= 0.3 is 0 Å². The minimum absolute atomic E-state index is 0.0816. The lowest BCUT2D eigenvalue weighted by molar-refractivity contribution is -0.124. The van der Waals surface area contributed by atoms with Crippen LogP contribution in [0.3, 0.4) is 0 Å². The van der Waals surface area contributed by atoms with Gasteiger partial charge in [0.25, 0.3) is 0 Å². The van der Waals surface area contributed by atoms with E-state index < -0.39 is 0 Å². The number of carbonyl (C=O) groups excluding carboxylic acids is 1. The first kappa shape index (κ1) is 9.04. The second kappa shape index (κ2) is 4.10. The summed E-state index contributed by atoms with van der Waals surface area (Å²) in [6.07, 6.45) is 7.62. The summed E-state index contributed by atoms with van der Waals surface area (Å²) in [5.41, 5.74) is 0. The van der Waals surface area contributed by atoms with Crippen LogP contribution in [0.25, 0.3) is 0 Å². The largest absolute Gasteiger partial charge is 0.350 e. The van der Waals surface area contributed by atoms with Gasteiger partial charge in [-0.05, 0) is 19.8 Å². The molecule has 0 radical (unpaired) electrons. The number of rotatable bonds is 3. The minimum atomic E-state index is 0.0816. The Morgan fingerprint density at radius 3 is 2.75 bits per heavy atom. The molecular formula is C10H15NO. The first-order chi connectivity index (χ1) is 5.74. The first-order valence-electron chi connectivity index (χ1n) is 4.32. The molecule has 1 aliphatic rings. The van der Waals surface area contributed by atoms with Crippen molar-refractivity contribution in [3.05, 3.63) is 24.8 Å². The summed E-state index contributed by atoms with van der Waals surface area (Å²) in [5, 5.41) is 2.87. The molecule has 0 aromatic rings. The molecule has 0 heterocycles. The summed E-state index contributed by atoms with van der Waals surface area (Å²) >= 11 is 0. The van der Waals surface area contributed by atoms with Gasteiger partial charge in [0.1, 0.15) is 0 Å². The molecule has 1 rings (SSSR count). The molecule has 0 aromatic heterocycles. The van der Waals surface area contributed by atoms with Gasteiger partial charge in [0, 0.05) is 12.0 Å². The van der Waals surface area contributed by atoms with Gasteiger partial charge in [-0.15, -0.1) is 6.58 Å². The van der Waals surface area contributed by atoms with Crippen molar-refractivity contribution in [1.82, 2.24) is 5.32 Å². The molecule has 2 nitrogen and oxygen atoms in total. The zero-order valence-corrected chi connectivity index (χ0v) is 7.42. The van der Waals surface area contributed by atoms with Crippen molar-refractivity contribution >= 4 is 5.91 Å². The Morgan fingerprint density at radius 1 is 1.67 bits per heavy atom. The standard InChI is InChI=1S/C10H15NO/c1-3-8(2)11-10(12)9-6-4-5-7-9/h3-5,8-9H,1,6-7H2,2H3,(H,11,12). The molecule has 1 amide bonds. The van der Waals surface area contributed by atoms with Crippen LogP contribution in [-0.4, -0.2) is 11.9 Å². The number of hydrogen-bond donors (Lipinski definition) is 1. The van der Waals surface area contributed by atoms with E-state index in [1.54, 1.807) is 6.08 Å². The van der Waals surface area contributed by atoms with Gasteiger partial charge in [0.2, 0.25) is 5.91 Å². The molecule has 1 unspecified atom stereocenters. The van der Waals surface area contributed by atoms with Gasteiger partial charge < -0.3 is 5.32 Å². The third-order valence-corrected chi connectivity index (χ3v) is 2.10. The topological polar surface area (TPSA) is 29.1 Å². The molecule has 0 saturated carbocycles. The van der Waals surface area contributed by atoms with Crippen LogP contribution in [0, 0.1) is 5.92 Å². The molecule has 1 aliphatic carbocycles. The average molecular weight is 165 g/mol. The lowest BCUT2D eigenvalue weighted by Gasteiger charge is -2.13. The summed E-state index contributed by atoms with van der Waals surface area (Å²) < 4.78 is 0. The Balaban J connectivity index is 2.33. The van der Waals surface area contributed by atoms with E-state index in [9.17, 15) is 4.79 Å². The van der Waals surface area contributed by atoms with Gasteiger partial charge in [0.05, 0.1) is 0 Å². The molecule has 0 fully saturated rings. The molecule has 0 bridgehead atoms. The van der Waals surface area contributed by atoms with Crippen molar-refractivity contribution in [2.75, 3.05) is 0 Å². The molecule has 66 valence electrons. The number of nitrogens with one attached hydrogen (secondary N) is 1. The van der Waals surface area contributed by atoms with Crippen molar-refractivity contribution < 1.29 is 4.79 Å². The van der Waals surface area contributed by atoms with Gasteiger partial charge in [-0.2, -0.15) is 0 Å². The van der Waals surface area contributed by atoms with Gasteiger partial charge in [-0.25, -0.2) is 0 Å². The van der Waals surface area contributed by atoms with Gasteiger partial charge in [-0.3, -0.25) is 4.79 Å². The van der Waals surface area contributed by atoms with E-state index in [0.717, 1.165) is 12.8 Å². The zero-order chi connectivity index (χ0) is 8.97. The van der Waals surface area contributed by atoms with Crippen LogP contribution in [0.5, 0.6) is 0 Å². The Hall–Kier alpha value is -1.05. The van der Waals surface area contributed by atoms with Crippen molar-refractivity contribution in [3.63, 3.8) is 0 Å². The molecule has 2 heteroatoms. The summed E-state index contributed by atoms with van der Waals surface area (Å²) in [7, 11) is 0. The normalized spacial score (nSPS) is 19.1. The minimum Gasteiger partial charge on any atom is -0.350 e. The molecule has 0 aromatic carbocycles. The van der Waals surface area contributed by atoms with Crippen LogP contribution < -0.4 is 5.32 Å². The van der Waals surface area contributed by atoms with Gasteiger partial charge in [0.15, 0.2) is 0 Å². The Bertz CT molecular complexity index is 200. The molecule has 1 atom stereocenters. The second-order valence-electron chi connectivity index (χ2n) is 3.17. The van der Waals surface area contributed by atoms with E-state index in [4.69, 9.17) is 0 Å². The van der Waals surface area contributed by atoms with Crippen molar-refractivity contribution in [2.24, 2.45) is 5.92 Å². The van der Waals surface area contributed by atoms with E-state index in [-0.39, 0.29) is 17.9 Å². The first-order valence-corrected chi connectivity index (χ1v) is 4.32. The Morgan fingerprint density at radius 2 is 2.25 bits per heavy atom. The maximum absolute atomic E-state index is 11.4. The lowest BCUT2D eigenvalue weighted by atomic mass is 10.1. The van der Waals surface area contributed by atoms with Gasteiger partial charge in [-0.1, -0.05) is 18.2 Å². The van der Waals surface area contributed by atoms with Crippen LogP contribution in [0.1, 0.15) is 19.8 Å². The second-order valence-corrected chi connectivity index (χ2v) is 3.17. The van der Waals surface area contributed by atoms with E-state index in [0.29, 0.717) is 0 Å². The Labute approximate surface area is 73.4 Å². The number of carbonyl (C=O) groups is 1. The Kier molecular flexibility index (Phi) is 3.09. The maximum atomic E-state index is 11.4. The highest BCUT2D eigenvalue weighted by Crippen LogP contribution is 2.17. The summed E-state index contributed by atoms with van der Waals surface area (Å²) in [6, 6.07) is 0.0816. The summed E-state index contributed by atoms with van der Waals surface area (Å²) in [6.45, 7) is 5.53. The number of allylic oxidation sites excluding steroid dienone is 2. The quantitative estimate of drug-likeness (QED) is 0.633. The zero-order valence-electron chi connectivity index (χ0n) is 7.42. The number of amides is 1. The predicted molar refractivity (Wildman–Crippen MR) is 49.7 cm³/mol. The van der Waals surface area contributed by atoms with E-state index in [1.165, 1.54) is 0 Å². The highest BCUT2D eigenvalue weighted by Gasteiger charge is 2.19. The van der Waals surface area contributed by atoms with Crippen molar-refractivity contribution in [1.29, 1.82) is 0 Å². The van der Waals surface area contributed by atoms with E-state index in [1.807, 2.05) is 6.92 Å². The fourth-order valence-corrected chi connectivity index (χ4v) is 1.23. The third kappa shape index (κ3) is 2.22. The lowest BCUT2D eigenvalue weighted by Crippen LogP contribution is -2.35. The molecule has 1 N–H and O–H groups in total. The highest BCUT2D eigenvalue weighted by atomic mass is 16.1. The van der Waals surface area contributed by atoms with Crippen LogP contribution in [0.15, 0.2) is 24.8 Å². The molecule has 0 spiro atoms. The smallest absolute Gasteiger partial charge is 0.224 e. The average Bonchev–Trinajstić information content (AvgIpc) is 2.56. The van der Waals surface area contributed by atoms with E-state index >= 15 is 0 Å². The maximum Gasteiger partial charge on any atom is 0.224 e. The van der Waals surface area contributed by atoms with Crippen molar-refractivity contribution in [2.45, 2.75) is 25.8 Å². The SMILES string of the molecule is C=CC(C)NC(=O)C1CC=CC1. The highest BCUT2D eigenvalue weighted by molar-refractivity contribution is 5.79. The molecular weight excluding hydrogens is 150 g/mol. The van der Waals surface area contributed by atoms with E-state index in [2.05, 4.69) is 24.0 Å². The van der Waals surface area contributed by atoms with Crippen LogP contribution >= 0.6 is 0 Å². The fraction of sp³-hybridized carbons (Fsp3) is 0.500.